The first kappa shape index (κ1) is 18.7. The molecule has 0 heterocycles. The van der Waals surface area contributed by atoms with E-state index in [1.54, 1.807) is 6.07 Å². The lowest BCUT2D eigenvalue weighted by molar-refractivity contribution is 0.0426. The third-order valence-electron chi connectivity index (χ3n) is 4.13. The standard InChI is InChI=1S/C18H25NO4S/c1-18(2,3)23-17(22)19-11-8-9-13(15(20)10-11)12-6-4-5-7-14(12)16(21)24/h4-7,11,13,15,20H,8-10H2,1-3H3,(H,19,22)(H,21,24)/t11-,13?,15?/m1/s1. The van der Waals surface area contributed by atoms with Crippen LogP contribution in [0, 0.1) is 0 Å². The monoisotopic (exact) mass is 351 g/mol. The van der Waals surface area contributed by atoms with E-state index in [1.807, 2.05) is 39.0 Å². The predicted octanol–water partition coefficient (Wildman–Crippen LogP) is 3.44. The molecule has 0 aliphatic heterocycles. The fourth-order valence-corrected chi connectivity index (χ4v) is 3.32. The first-order valence-corrected chi connectivity index (χ1v) is 8.58. The smallest absolute Gasteiger partial charge is 0.407 e. The molecular formula is C18H25NO4S. The van der Waals surface area contributed by atoms with Gasteiger partial charge < -0.3 is 20.3 Å². The van der Waals surface area contributed by atoms with Crippen molar-refractivity contribution < 1.29 is 19.7 Å². The van der Waals surface area contributed by atoms with Crippen molar-refractivity contribution >= 4 is 23.4 Å². The number of amides is 1. The van der Waals surface area contributed by atoms with Crippen LogP contribution < -0.4 is 5.32 Å². The van der Waals surface area contributed by atoms with Crippen LogP contribution in [0.15, 0.2) is 24.3 Å². The lowest BCUT2D eigenvalue weighted by Crippen LogP contribution is -2.44. The molecule has 0 radical (unpaired) electrons. The van der Waals surface area contributed by atoms with E-state index >= 15 is 0 Å². The van der Waals surface area contributed by atoms with E-state index < -0.39 is 17.8 Å². The van der Waals surface area contributed by atoms with Gasteiger partial charge in [-0.2, -0.15) is 0 Å². The van der Waals surface area contributed by atoms with Crippen molar-refractivity contribution in [2.24, 2.45) is 0 Å². The zero-order chi connectivity index (χ0) is 17.9. The first-order chi connectivity index (χ1) is 11.2. The minimum absolute atomic E-state index is 0.108. The number of ether oxygens (including phenoxy) is 1. The fourth-order valence-electron chi connectivity index (χ4n) is 3.13. The van der Waals surface area contributed by atoms with Crippen molar-refractivity contribution in [1.29, 1.82) is 0 Å². The SMILES string of the molecule is CC(C)(C)OC(=O)N[C@@H]1CCC(c2ccccc2C(O)=S)C(O)C1. The summed E-state index contributed by atoms with van der Waals surface area (Å²) >= 11 is 4.89. The van der Waals surface area contributed by atoms with Crippen LogP contribution in [0.5, 0.6) is 0 Å². The molecule has 2 rings (SSSR count). The number of nitrogens with one attached hydrogen (secondary N) is 1. The topological polar surface area (TPSA) is 78.8 Å². The Balaban J connectivity index is 2.01. The number of carbonyl (C=O) groups excluding carboxylic acids is 1. The second kappa shape index (κ2) is 7.49. The van der Waals surface area contributed by atoms with Crippen LogP contribution in [0.2, 0.25) is 0 Å². The van der Waals surface area contributed by atoms with Crippen LogP contribution in [-0.4, -0.2) is 39.1 Å². The van der Waals surface area contributed by atoms with Gasteiger partial charge in [0.15, 0.2) is 5.05 Å². The van der Waals surface area contributed by atoms with E-state index in [2.05, 4.69) is 5.32 Å². The molecular weight excluding hydrogens is 326 g/mol. The highest BCUT2D eigenvalue weighted by Gasteiger charge is 2.33. The third-order valence-corrected chi connectivity index (χ3v) is 4.35. The van der Waals surface area contributed by atoms with Gasteiger partial charge in [0.1, 0.15) is 5.60 Å². The van der Waals surface area contributed by atoms with Crippen LogP contribution in [0.3, 0.4) is 0 Å². The Morgan fingerprint density at radius 2 is 1.96 bits per heavy atom. The van der Waals surface area contributed by atoms with Gasteiger partial charge in [0.25, 0.3) is 0 Å². The summed E-state index contributed by atoms with van der Waals surface area (Å²) in [7, 11) is 0. The molecule has 132 valence electrons. The van der Waals surface area contributed by atoms with E-state index in [0.29, 0.717) is 18.4 Å². The molecule has 1 aliphatic rings. The van der Waals surface area contributed by atoms with Crippen molar-refractivity contribution in [2.45, 2.75) is 63.7 Å². The maximum Gasteiger partial charge on any atom is 0.407 e. The Morgan fingerprint density at radius 1 is 1.29 bits per heavy atom. The lowest BCUT2D eigenvalue weighted by atomic mass is 9.78. The van der Waals surface area contributed by atoms with Gasteiger partial charge in [0.05, 0.1) is 6.10 Å². The first-order valence-electron chi connectivity index (χ1n) is 8.17. The Labute approximate surface area is 148 Å². The quantitative estimate of drug-likeness (QED) is 0.727. The summed E-state index contributed by atoms with van der Waals surface area (Å²) in [5.74, 6) is -0.108. The highest BCUT2D eigenvalue weighted by Crippen LogP contribution is 2.35. The normalized spacial score (nSPS) is 24.2. The fraction of sp³-hybridized carbons (Fsp3) is 0.556. The highest BCUT2D eigenvalue weighted by molar-refractivity contribution is 7.80. The van der Waals surface area contributed by atoms with E-state index in [1.165, 1.54) is 0 Å². The molecule has 1 saturated carbocycles. The molecule has 1 fully saturated rings. The summed E-state index contributed by atoms with van der Waals surface area (Å²) in [6, 6.07) is 7.19. The molecule has 0 aromatic heterocycles. The predicted molar refractivity (Wildman–Crippen MR) is 96.5 cm³/mol. The lowest BCUT2D eigenvalue weighted by Gasteiger charge is -2.34. The molecule has 6 heteroatoms. The Morgan fingerprint density at radius 3 is 2.54 bits per heavy atom. The van der Waals surface area contributed by atoms with Gasteiger partial charge in [-0.15, -0.1) is 0 Å². The molecule has 0 spiro atoms. The maximum absolute atomic E-state index is 11.9. The van der Waals surface area contributed by atoms with Gasteiger partial charge in [-0.3, -0.25) is 0 Å². The summed E-state index contributed by atoms with van der Waals surface area (Å²) in [6.45, 7) is 5.44. The molecule has 3 atom stereocenters. The van der Waals surface area contributed by atoms with Crippen LogP contribution in [0.1, 0.15) is 57.1 Å². The minimum atomic E-state index is -0.616. The molecule has 5 nitrogen and oxygen atoms in total. The summed E-state index contributed by atoms with van der Waals surface area (Å²) in [5, 5.41) is 22.9. The van der Waals surface area contributed by atoms with Gasteiger partial charge in [0.2, 0.25) is 0 Å². The van der Waals surface area contributed by atoms with Crippen LogP contribution in [-0.2, 0) is 4.74 Å². The number of hydrogen-bond acceptors (Lipinski definition) is 4. The second-order valence-corrected chi connectivity index (χ2v) is 7.61. The largest absolute Gasteiger partial charge is 0.499 e. The van der Waals surface area contributed by atoms with Crippen LogP contribution in [0.4, 0.5) is 4.79 Å². The summed E-state index contributed by atoms with van der Waals surface area (Å²) in [4.78, 5) is 11.9. The zero-order valence-electron chi connectivity index (χ0n) is 14.3. The van der Waals surface area contributed by atoms with Crippen LogP contribution in [0.25, 0.3) is 0 Å². The van der Waals surface area contributed by atoms with Gasteiger partial charge in [-0.05, 0) is 57.8 Å². The Kier molecular flexibility index (Phi) is 5.83. The number of hydrogen-bond donors (Lipinski definition) is 3. The van der Waals surface area contributed by atoms with Crippen molar-refractivity contribution in [3.05, 3.63) is 35.4 Å². The minimum Gasteiger partial charge on any atom is -0.499 e. The molecule has 0 bridgehead atoms. The van der Waals surface area contributed by atoms with Crippen molar-refractivity contribution in [2.75, 3.05) is 0 Å². The summed E-state index contributed by atoms with van der Waals surface area (Å²) in [6.07, 6.45) is 0.787. The van der Waals surface area contributed by atoms with Gasteiger partial charge in [-0.25, -0.2) is 4.79 Å². The molecule has 1 aromatic rings. The molecule has 3 N–H and O–H groups in total. The Bertz CT molecular complexity index is 611. The van der Waals surface area contributed by atoms with Gasteiger partial charge >= 0.3 is 6.09 Å². The second-order valence-electron chi connectivity index (χ2n) is 7.22. The molecule has 1 aromatic carbocycles. The summed E-state index contributed by atoms with van der Waals surface area (Å²) in [5.41, 5.74) is 0.902. The number of benzene rings is 1. The van der Waals surface area contributed by atoms with E-state index in [4.69, 9.17) is 17.0 Å². The van der Waals surface area contributed by atoms with Gasteiger partial charge in [-0.1, -0.05) is 24.3 Å². The molecule has 0 saturated heterocycles. The third kappa shape index (κ3) is 4.92. The highest BCUT2D eigenvalue weighted by atomic mass is 32.1. The number of thiocarbonyl (C=S) groups is 1. The Hall–Kier alpha value is -1.66. The van der Waals surface area contributed by atoms with Crippen molar-refractivity contribution in [3.63, 3.8) is 0 Å². The molecule has 1 aliphatic carbocycles. The van der Waals surface area contributed by atoms with E-state index in [-0.39, 0.29) is 17.0 Å². The van der Waals surface area contributed by atoms with E-state index in [9.17, 15) is 15.0 Å². The number of aliphatic hydroxyl groups excluding tert-OH is 2. The van der Waals surface area contributed by atoms with E-state index in [0.717, 1.165) is 12.0 Å². The molecule has 2 unspecified atom stereocenters. The molecule has 1 amide bonds. The zero-order valence-corrected chi connectivity index (χ0v) is 15.1. The average Bonchev–Trinajstić information content (AvgIpc) is 2.45. The number of aliphatic hydroxyl groups is 2. The maximum atomic E-state index is 11.9. The van der Waals surface area contributed by atoms with Crippen molar-refractivity contribution in [3.8, 4) is 0 Å². The molecule has 24 heavy (non-hydrogen) atoms. The average molecular weight is 351 g/mol. The number of rotatable bonds is 3. The number of alkyl carbamates (subject to hydrolysis) is 1. The van der Waals surface area contributed by atoms with Gasteiger partial charge in [0, 0.05) is 17.5 Å². The number of carbonyl (C=O) groups is 1. The van der Waals surface area contributed by atoms with Crippen molar-refractivity contribution in [1.82, 2.24) is 5.32 Å². The van der Waals surface area contributed by atoms with Crippen LogP contribution >= 0.6 is 12.2 Å². The summed E-state index contributed by atoms with van der Waals surface area (Å²) < 4.78 is 5.26.